The van der Waals surface area contributed by atoms with Crippen LogP contribution in [-0.2, 0) is 14.3 Å². The third-order valence-electron chi connectivity index (χ3n) is 3.38. The standard InChI is InChI=1S/C14H26N2O3/c1-11(2)4-3-5-12-10-16(8-9-19-12)14(18)7-6-13(15)17/h11-12H,3-10H2,1-2H3,(H2,15,17)/t12-/m1/s1. The van der Waals surface area contributed by atoms with Crippen LogP contribution >= 0.6 is 0 Å². The van der Waals surface area contributed by atoms with Crippen molar-refractivity contribution in [1.82, 2.24) is 4.90 Å². The summed E-state index contributed by atoms with van der Waals surface area (Å²) in [6.45, 7) is 6.28. The zero-order valence-corrected chi connectivity index (χ0v) is 12.1. The summed E-state index contributed by atoms with van der Waals surface area (Å²) in [5.41, 5.74) is 5.06. The van der Waals surface area contributed by atoms with Crippen molar-refractivity contribution >= 4 is 11.8 Å². The number of hydrogen-bond acceptors (Lipinski definition) is 3. The van der Waals surface area contributed by atoms with Gasteiger partial charge in [-0.15, -0.1) is 0 Å². The van der Waals surface area contributed by atoms with Gasteiger partial charge < -0.3 is 15.4 Å². The van der Waals surface area contributed by atoms with Crippen molar-refractivity contribution in [3.05, 3.63) is 0 Å². The molecule has 0 radical (unpaired) electrons. The zero-order chi connectivity index (χ0) is 14.3. The van der Waals surface area contributed by atoms with Gasteiger partial charge in [0.05, 0.1) is 12.7 Å². The van der Waals surface area contributed by atoms with Gasteiger partial charge in [0.2, 0.25) is 11.8 Å². The molecule has 0 bridgehead atoms. The monoisotopic (exact) mass is 270 g/mol. The normalized spacial score (nSPS) is 19.7. The number of rotatable bonds is 7. The summed E-state index contributed by atoms with van der Waals surface area (Å²) in [6.07, 6.45) is 3.81. The Morgan fingerprint density at radius 1 is 1.37 bits per heavy atom. The number of carbonyl (C=O) groups excluding carboxylic acids is 2. The van der Waals surface area contributed by atoms with Crippen molar-refractivity contribution in [2.24, 2.45) is 11.7 Å². The molecule has 1 fully saturated rings. The molecule has 5 heteroatoms. The quantitative estimate of drug-likeness (QED) is 0.758. The fourth-order valence-corrected chi connectivity index (χ4v) is 2.26. The van der Waals surface area contributed by atoms with E-state index in [0.29, 0.717) is 25.6 Å². The van der Waals surface area contributed by atoms with Crippen LogP contribution in [-0.4, -0.2) is 42.5 Å². The highest BCUT2D eigenvalue weighted by Gasteiger charge is 2.23. The number of primary amides is 1. The van der Waals surface area contributed by atoms with Crippen LogP contribution in [0.5, 0.6) is 0 Å². The molecule has 0 unspecified atom stereocenters. The molecule has 2 N–H and O–H groups in total. The molecule has 0 aromatic carbocycles. The first-order valence-electron chi connectivity index (χ1n) is 7.16. The summed E-state index contributed by atoms with van der Waals surface area (Å²) in [4.78, 5) is 24.4. The summed E-state index contributed by atoms with van der Waals surface area (Å²) >= 11 is 0. The van der Waals surface area contributed by atoms with Gasteiger partial charge in [-0.1, -0.05) is 26.7 Å². The summed E-state index contributed by atoms with van der Waals surface area (Å²) in [6, 6.07) is 0. The zero-order valence-electron chi connectivity index (χ0n) is 12.1. The Morgan fingerprint density at radius 3 is 2.74 bits per heavy atom. The van der Waals surface area contributed by atoms with Crippen LogP contribution in [0.2, 0.25) is 0 Å². The smallest absolute Gasteiger partial charge is 0.223 e. The second kappa shape index (κ2) is 8.15. The van der Waals surface area contributed by atoms with Gasteiger partial charge in [0.1, 0.15) is 0 Å². The van der Waals surface area contributed by atoms with E-state index >= 15 is 0 Å². The van der Waals surface area contributed by atoms with Gasteiger partial charge in [-0.3, -0.25) is 9.59 Å². The highest BCUT2D eigenvalue weighted by Crippen LogP contribution is 2.15. The molecular formula is C14H26N2O3. The number of nitrogens with zero attached hydrogens (tertiary/aromatic N) is 1. The fraction of sp³-hybridized carbons (Fsp3) is 0.857. The molecule has 19 heavy (non-hydrogen) atoms. The summed E-state index contributed by atoms with van der Waals surface area (Å²) < 4.78 is 5.68. The third kappa shape index (κ3) is 6.57. The molecule has 0 aromatic heterocycles. The van der Waals surface area contributed by atoms with Crippen LogP contribution in [0.3, 0.4) is 0 Å². The maximum absolute atomic E-state index is 11.9. The van der Waals surface area contributed by atoms with Gasteiger partial charge in [0.25, 0.3) is 0 Å². The topological polar surface area (TPSA) is 72.6 Å². The first-order valence-corrected chi connectivity index (χ1v) is 7.16. The molecule has 1 heterocycles. The van der Waals surface area contributed by atoms with E-state index in [4.69, 9.17) is 10.5 Å². The summed E-state index contributed by atoms with van der Waals surface area (Å²) in [7, 11) is 0. The van der Waals surface area contributed by atoms with Gasteiger partial charge >= 0.3 is 0 Å². The van der Waals surface area contributed by atoms with Crippen molar-refractivity contribution < 1.29 is 14.3 Å². The minimum atomic E-state index is -0.421. The molecule has 0 spiro atoms. The SMILES string of the molecule is CC(C)CCC[C@@H]1CN(C(=O)CCC(N)=O)CCO1. The second-order valence-electron chi connectivity index (χ2n) is 5.62. The molecule has 0 aromatic rings. The largest absolute Gasteiger partial charge is 0.375 e. The number of carbonyl (C=O) groups is 2. The molecule has 0 saturated carbocycles. The Bertz CT molecular complexity index is 305. The molecule has 5 nitrogen and oxygen atoms in total. The van der Waals surface area contributed by atoms with Crippen LogP contribution in [0, 0.1) is 5.92 Å². The average Bonchev–Trinajstić information content (AvgIpc) is 2.36. The van der Waals surface area contributed by atoms with E-state index < -0.39 is 5.91 Å². The fourth-order valence-electron chi connectivity index (χ4n) is 2.26. The lowest BCUT2D eigenvalue weighted by Crippen LogP contribution is -2.45. The molecule has 0 aliphatic carbocycles. The number of hydrogen-bond donors (Lipinski definition) is 1. The van der Waals surface area contributed by atoms with E-state index in [2.05, 4.69) is 13.8 Å². The first kappa shape index (κ1) is 16.0. The third-order valence-corrected chi connectivity index (χ3v) is 3.38. The van der Waals surface area contributed by atoms with Gasteiger partial charge in [0.15, 0.2) is 0 Å². The molecule has 1 aliphatic rings. The van der Waals surface area contributed by atoms with Crippen molar-refractivity contribution in [2.75, 3.05) is 19.7 Å². The Kier molecular flexibility index (Phi) is 6.84. The summed E-state index contributed by atoms with van der Waals surface area (Å²) in [5, 5.41) is 0. The number of morpholine rings is 1. The molecule has 1 aliphatic heterocycles. The Labute approximate surface area is 115 Å². The van der Waals surface area contributed by atoms with Crippen LogP contribution in [0.1, 0.15) is 46.0 Å². The van der Waals surface area contributed by atoms with Gasteiger partial charge in [-0.2, -0.15) is 0 Å². The lowest BCUT2D eigenvalue weighted by Gasteiger charge is -2.33. The lowest BCUT2D eigenvalue weighted by atomic mass is 10.0. The first-order chi connectivity index (χ1) is 8.99. The highest BCUT2D eigenvalue weighted by molar-refractivity contribution is 5.82. The van der Waals surface area contributed by atoms with E-state index in [0.717, 1.165) is 12.8 Å². The summed E-state index contributed by atoms with van der Waals surface area (Å²) in [5.74, 6) is 0.294. The Hall–Kier alpha value is -1.10. The van der Waals surface area contributed by atoms with Gasteiger partial charge in [-0.25, -0.2) is 0 Å². The lowest BCUT2D eigenvalue weighted by molar-refractivity contribution is -0.140. The van der Waals surface area contributed by atoms with Crippen molar-refractivity contribution in [2.45, 2.75) is 52.1 Å². The Morgan fingerprint density at radius 2 is 2.11 bits per heavy atom. The van der Waals surface area contributed by atoms with Crippen molar-refractivity contribution in [3.8, 4) is 0 Å². The number of nitrogens with two attached hydrogens (primary N) is 1. The van der Waals surface area contributed by atoms with E-state index in [1.807, 2.05) is 0 Å². The number of amides is 2. The predicted octanol–water partition coefficient (Wildman–Crippen LogP) is 1.31. The second-order valence-corrected chi connectivity index (χ2v) is 5.62. The van der Waals surface area contributed by atoms with Crippen LogP contribution in [0.15, 0.2) is 0 Å². The van der Waals surface area contributed by atoms with Gasteiger partial charge in [-0.05, 0) is 12.3 Å². The molecule has 110 valence electrons. The molecular weight excluding hydrogens is 244 g/mol. The van der Waals surface area contributed by atoms with Crippen LogP contribution < -0.4 is 5.73 Å². The molecule has 2 amide bonds. The van der Waals surface area contributed by atoms with E-state index in [-0.39, 0.29) is 24.9 Å². The van der Waals surface area contributed by atoms with Crippen LogP contribution in [0.4, 0.5) is 0 Å². The van der Waals surface area contributed by atoms with Crippen LogP contribution in [0.25, 0.3) is 0 Å². The molecule has 1 saturated heterocycles. The van der Waals surface area contributed by atoms with Crippen molar-refractivity contribution in [3.63, 3.8) is 0 Å². The average molecular weight is 270 g/mol. The van der Waals surface area contributed by atoms with Crippen molar-refractivity contribution in [1.29, 1.82) is 0 Å². The van der Waals surface area contributed by atoms with Gasteiger partial charge in [0, 0.05) is 25.9 Å². The maximum Gasteiger partial charge on any atom is 0.223 e. The van der Waals surface area contributed by atoms with E-state index in [1.54, 1.807) is 4.90 Å². The number of ether oxygens (including phenoxy) is 1. The molecule has 1 rings (SSSR count). The van der Waals surface area contributed by atoms with E-state index in [9.17, 15) is 9.59 Å². The van der Waals surface area contributed by atoms with E-state index in [1.165, 1.54) is 6.42 Å². The highest BCUT2D eigenvalue weighted by atomic mass is 16.5. The molecule has 1 atom stereocenters. The minimum absolute atomic E-state index is 0.0101. The minimum Gasteiger partial charge on any atom is -0.375 e. The predicted molar refractivity (Wildman–Crippen MR) is 73.4 cm³/mol. The maximum atomic E-state index is 11.9. The Balaban J connectivity index is 2.28.